The van der Waals surface area contributed by atoms with Crippen molar-refractivity contribution >= 4 is 17.1 Å². The molecule has 0 fully saturated rings. The number of fused-ring (bicyclic) bond motifs is 1. The molecular formula is C20H19NO5. The summed E-state index contributed by atoms with van der Waals surface area (Å²) in [5.74, 6) is 0.998. The van der Waals surface area contributed by atoms with E-state index in [4.69, 9.17) is 13.9 Å². The van der Waals surface area contributed by atoms with Gasteiger partial charge in [-0.05, 0) is 48.7 Å². The van der Waals surface area contributed by atoms with Crippen molar-refractivity contribution < 1.29 is 18.7 Å². The summed E-state index contributed by atoms with van der Waals surface area (Å²) in [6.07, 6.45) is 0.0366. The van der Waals surface area contributed by atoms with E-state index in [-0.39, 0.29) is 5.89 Å². The summed E-state index contributed by atoms with van der Waals surface area (Å²) in [7, 11) is 0. The monoisotopic (exact) mass is 353 g/mol. The molecule has 0 saturated carbocycles. The van der Waals surface area contributed by atoms with Crippen molar-refractivity contribution in [1.82, 2.24) is 4.98 Å². The molecule has 0 radical (unpaired) electrons. The number of para-hydroxylation sites is 1. The molecule has 0 atom stereocenters. The van der Waals surface area contributed by atoms with Crippen molar-refractivity contribution in [2.45, 2.75) is 20.3 Å². The van der Waals surface area contributed by atoms with E-state index in [9.17, 15) is 9.59 Å². The number of hydrogen-bond acceptors (Lipinski definition) is 6. The number of carbonyl (C=O) groups excluding carboxylic acids is 1. The molecular weight excluding hydrogens is 334 g/mol. The van der Waals surface area contributed by atoms with Crippen molar-refractivity contribution in [2.75, 3.05) is 6.61 Å². The largest absolute Gasteiger partial charge is 0.513 e. The Hall–Kier alpha value is -3.15. The van der Waals surface area contributed by atoms with Crippen LogP contribution < -0.4 is 10.4 Å². The number of carbonyl (C=O) groups is 1. The first-order valence-corrected chi connectivity index (χ1v) is 8.38. The lowest BCUT2D eigenvalue weighted by Gasteiger charge is -2.07. The molecule has 0 unspecified atom stereocenters. The van der Waals surface area contributed by atoms with Gasteiger partial charge in [-0.1, -0.05) is 26.0 Å². The predicted octanol–water partition coefficient (Wildman–Crippen LogP) is 4.42. The van der Waals surface area contributed by atoms with Crippen molar-refractivity contribution in [3.63, 3.8) is 0 Å². The lowest BCUT2D eigenvalue weighted by atomic mass is 10.1. The third kappa shape index (κ3) is 4.27. The second kappa shape index (κ2) is 7.82. The van der Waals surface area contributed by atoms with E-state index in [1.807, 2.05) is 13.8 Å². The minimum atomic E-state index is -0.742. The Morgan fingerprint density at radius 3 is 2.58 bits per heavy atom. The van der Waals surface area contributed by atoms with Gasteiger partial charge < -0.3 is 13.9 Å². The summed E-state index contributed by atoms with van der Waals surface area (Å²) in [6.45, 7) is 4.42. The van der Waals surface area contributed by atoms with E-state index in [1.54, 1.807) is 48.5 Å². The number of aromatic nitrogens is 1. The summed E-state index contributed by atoms with van der Waals surface area (Å²) in [5.41, 5.74) is 0.723. The average molecular weight is 353 g/mol. The fourth-order valence-electron chi connectivity index (χ4n) is 2.31. The van der Waals surface area contributed by atoms with Crippen LogP contribution in [0.1, 0.15) is 20.3 Å². The smallest absolute Gasteiger partial charge is 0.434 e. The molecule has 0 aliphatic heterocycles. The summed E-state index contributed by atoms with van der Waals surface area (Å²) in [5, 5.41) is 0.431. The number of rotatable bonds is 5. The van der Waals surface area contributed by atoms with E-state index in [0.717, 1.165) is 6.42 Å². The van der Waals surface area contributed by atoms with Crippen LogP contribution in [-0.2, 0) is 4.74 Å². The lowest BCUT2D eigenvalue weighted by molar-refractivity contribution is 0.0949. The van der Waals surface area contributed by atoms with Gasteiger partial charge in [-0.3, -0.25) is 0 Å². The number of benzene rings is 2. The Bertz CT molecular complexity index is 960. The van der Waals surface area contributed by atoms with E-state index >= 15 is 0 Å². The zero-order valence-corrected chi connectivity index (χ0v) is 14.6. The Kier molecular flexibility index (Phi) is 5.31. The summed E-state index contributed by atoms with van der Waals surface area (Å²) in [6, 6.07) is 13.5. The highest BCUT2D eigenvalue weighted by atomic mass is 16.7. The van der Waals surface area contributed by atoms with Crippen LogP contribution in [0.3, 0.4) is 0 Å². The molecule has 6 nitrogen and oxygen atoms in total. The molecule has 3 rings (SSSR count). The number of ether oxygens (including phenoxy) is 2. The van der Waals surface area contributed by atoms with Gasteiger partial charge >= 0.3 is 11.8 Å². The zero-order valence-electron chi connectivity index (χ0n) is 14.6. The standard InChI is InChI=1S/C20H19NO5/c1-13(2)11-12-24-20(23)25-15-9-7-14(8-10-15)18-21-17-6-4-3-5-16(17)19(22)26-18/h3-10,13H,11-12H2,1-2H3. The molecule has 0 saturated heterocycles. The van der Waals surface area contributed by atoms with Gasteiger partial charge in [-0.15, -0.1) is 0 Å². The highest BCUT2D eigenvalue weighted by Gasteiger charge is 2.10. The van der Waals surface area contributed by atoms with Gasteiger partial charge in [0.15, 0.2) is 0 Å². The topological polar surface area (TPSA) is 78.6 Å². The fourth-order valence-corrected chi connectivity index (χ4v) is 2.31. The number of nitrogens with zero attached hydrogens (tertiary/aromatic N) is 1. The van der Waals surface area contributed by atoms with E-state index in [1.165, 1.54) is 0 Å². The maximum atomic E-state index is 12.0. The summed E-state index contributed by atoms with van der Waals surface area (Å²) >= 11 is 0. The van der Waals surface area contributed by atoms with Crippen LogP contribution in [0.4, 0.5) is 4.79 Å². The van der Waals surface area contributed by atoms with Crippen LogP contribution in [0.5, 0.6) is 5.75 Å². The summed E-state index contributed by atoms with van der Waals surface area (Å²) < 4.78 is 15.4. The van der Waals surface area contributed by atoms with Crippen LogP contribution in [-0.4, -0.2) is 17.7 Å². The Balaban J connectivity index is 1.72. The van der Waals surface area contributed by atoms with Gasteiger partial charge in [0.25, 0.3) is 0 Å². The van der Waals surface area contributed by atoms with E-state index in [2.05, 4.69) is 4.98 Å². The number of hydrogen-bond donors (Lipinski definition) is 0. The van der Waals surface area contributed by atoms with Gasteiger partial charge in [-0.25, -0.2) is 14.6 Å². The maximum Gasteiger partial charge on any atom is 0.513 e. The molecule has 6 heteroatoms. The van der Waals surface area contributed by atoms with E-state index < -0.39 is 11.8 Å². The van der Waals surface area contributed by atoms with Crippen LogP contribution in [0.25, 0.3) is 22.4 Å². The molecule has 134 valence electrons. The summed E-state index contributed by atoms with van der Waals surface area (Å²) in [4.78, 5) is 28.0. The highest BCUT2D eigenvalue weighted by molar-refractivity contribution is 5.78. The Labute approximate surface area is 150 Å². The van der Waals surface area contributed by atoms with Crippen molar-refractivity contribution in [2.24, 2.45) is 5.92 Å². The second-order valence-corrected chi connectivity index (χ2v) is 6.23. The molecule has 0 N–H and O–H groups in total. The van der Waals surface area contributed by atoms with Crippen molar-refractivity contribution in [1.29, 1.82) is 0 Å². The molecule has 0 aliphatic rings. The first-order valence-electron chi connectivity index (χ1n) is 8.38. The maximum absolute atomic E-state index is 12.0. The van der Waals surface area contributed by atoms with Gasteiger partial charge in [0, 0.05) is 5.56 Å². The molecule has 1 aromatic heterocycles. The van der Waals surface area contributed by atoms with Crippen LogP contribution in [0.15, 0.2) is 57.7 Å². The van der Waals surface area contributed by atoms with E-state index in [0.29, 0.717) is 34.7 Å². The quantitative estimate of drug-likeness (QED) is 0.499. The molecule has 2 aromatic carbocycles. The molecule has 0 bridgehead atoms. The molecule has 1 heterocycles. The Morgan fingerprint density at radius 2 is 1.85 bits per heavy atom. The molecule has 0 amide bonds. The average Bonchev–Trinajstić information content (AvgIpc) is 2.62. The third-order valence-corrected chi connectivity index (χ3v) is 3.75. The zero-order chi connectivity index (χ0) is 18.5. The highest BCUT2D eigenvalue weighted by Crippen LogP contribution is 2.22. The molecule has 3 aromatic rings. The van der Waals surface area contributed by atoms with Crippen LogP contribution in [0, 0.1) is 5.92 Å². The first kappa shape index (κ1) is 17.7. The third-order valence-electron chi connectivity index (χ3n) is 3.75. The normalized spacial score (nSPS) is 10.9. The molecule has 26 heavy (non-hydrogen) atoms. The minimum Gasteiger partial charge on any atom is -0.434 e. The van der Waals surface area contributed by atoms with Gasteiger partial charge in [0.2, 0.25) is 5.89 Å². The minimum absolute atomic E-state index is 0.208. The SMILES string of the molecule is CC(C)CCOC(=O)Oc1ccc(-c2nc3ccccc3c(=O)o2)cc1. The predicted molar refractivity (Wildman–Crippen MR) is 97.1 cm³/mol. The van der Waals surface area contributed by atoms with Gasteiger partial charge in [0.1, 0.15) is 5.75 Å². The second-order valence-electron chi connectivity index (χ2n) is 6.23. The van der Waals surface area contributed by atoms with Gasteiger partial charge in [0.05, 0.1) is 17.5 Å². The molecule has 0 spiro atoms. The van der Waals surface area contributed by atoms with Crippen molar-refractivity contribution in [3.05, 3.63) is 59.0 Å². The van der Waals surface area contributed by atoms with Crippen LogP contribution >= 0.6 is 0 Å². The van der Waals surface area contributed by atoms with Gasteiger partial charge in [-0.2, -0.15) is 0 Å². The fraction of sp³-hybridized carbons (Fsp3) is 0.250. The Morgan fingerprint density at radius 1 is 1.12 bits per heavy atom. The first-order chi connectivity index (χ1) is 12.5. The van der Waals surface area contributed by atoms with Crippen LogP contribution in [0.2, 0.25) is 0 Å². The lowest BCUT2D eigenvalue weighted by Crippen LogP contribution is -2.12. The molecule has 0 aliphatic carbocycles. The van der Waals surface area contributed by atoms with Crippen molar-refractivity contribution in [3.8, 4) is 17.2 Å².